The van der Waals surface area contributed by atoms with E-state index in [1.54, 1.807) is 46.9 Å². The first-order valence-corrected chi connectivity index (χ1v) is 14.5. The molecule has 0 aliphatic heterocycles. The summed E-state index contributed by atoms with van der Waals surface area (Å²) in [6.07, 6.45) is 11.0. The molecule has 5 aliphatic carbocycles. The van der Waals surface area contributed by atoms with Crippen LogP contribution in [0.3, 0.4) is 0 Å². The van der Waals surface area contributed by atoms with E-state index in [2.05, 4.69) is 10.4 Å². The van der Waals surface area contributed by atoms with E-state index >= 15 is 0 Å². The van der Waals surface area contributed by atoms with Gasteiger partial charge in [-0.3, -0.25) is 4.79 Å². The van der Waals surface area contributed by atoms with Gasteiger partial charge < -0.3 is 15.2 Å². The number of carboxylic acids is 1. The fraction of sp³-hybridized carbons (Fsp3) is 0.607. The molecule has 2 N–H and O–H groups in total. The molecule has 5 saturated carbocycles. The number of aromatic carboxylic acids is 1. The Hall–Kier alpha value is -2.46. The number of thioether (sulfide) groups is 1. The second-order valence-electron chi connectivity index (χ2n) is 11.5. The second-order valence-corrected chi connectivity index (χ2v) is 12.8. The van der Waals surface area contributed by atoms with Gasteiger partial charge in [0.25, 0.3) is 5.91 Å². The van der Waals surface area contributed by atoms with E-state index < -0.39 is 18.2 Å². The lowest BCUT2D eigenvalue weighted by Gasteiger charge is -2.59. The zero-order valence-corrected chi connectivity index (χ0v) is 22.0. The van der Waals surface area contributed by atoms with Crippen molar-refractivity contribution in [3.8, 4) is 5.69 Å². The Kier molecular flexibility index (Phi) is 6.97. The molecule has 7 nitrogen and oxygen atoms in total. The number of carbonyl (C=O) groups is 2. The molecule has 4 bridgehead atoms. The van der Waals surface area contributed by atoms with Crippen LogP contribution in [0.2, 0.25) is 0 Å². The average Bonchev–Trinajstić information content (AvgIpc) is 3.29. The first kappa shape index (κ1) is 25.8. The monoisotopic (exact) mass is 545 g/mol. The Morgan fingerprint density at radius 3 is 2.39 bits per heavy atom. The average molecular weight is 546 g/mol. The minimum absolute atomic E-state index is 0.0563. The maximum atomic E-state index is 13.7. The Balaban J connectivity index is 1.25. The minimum Gasteiger partial charge on any atom is -0.478 e. The largest absolute Gasteiger partial charge is 0.478 e. The summed E-state index contributed by atoms with van der Waals surface area (Å²) in [5.74, 6) is -0.523. The van der Waals surface area contributed by atoms with Gasteiger partial charge in [-0.05, 0) is 87.0 Å². The fourth-order valence-electron chi connectivity index (χ4n) is 7.62. The van der Waals surface area contributed by atoms with Crippen molar-refractivity contribution in [2.45, 2.75) is 92.7 Å². The van der Waals surface area contributed by atoms with Crippen LogP contribution in [-0.4, -0.2) is 50.3 Å². The summed E-state index contributed by atoms with van der Waals surface area (Å²) < 4.78 is 33.3. The Morgan fingerprint density at radius 2 is 1.76 bits per heavy atom. The van der Waals surface area contributed by atoms with Crippen LogP contribution in [0.15, 0.2) is 35.5 Å². The third-order valence-corrected chi connectivity index (χ3v) is 10.4. The van der Waals surface area contributed by atoms with Gasteiger partial charge in [-0.1, -0.05) is 19.3 Å². The number of hydrogen-bond acceptors (Lipinski definition) is 5. The van der Waals surface area contributed by atoms with Gasteiger partial charge >= 0.3 is 12.6 Å². The lowest BCUT2D eigenvalue weighted by Crippen LogP contribution is -2.62. The summed E-state index contributed by atoms with van der Waals surface area (Å²) in [6.45, 7) is -2.77. The number of nitrogens with zero attached hydrogens (tertiary/aromatic N) is 2. The molecule has 1 heterocycles. The van der Waals surface area contributed by atoms with Crippen molar-refractivity contribution in [3.05, 3.63) is 41.6 Å². The van der Waals surface area contributed by atoms with Gasteiger partial charge in [0.1, 0.15) is 5.03 Å². The Morgan fingerprint density at radius 1 is 1.08 bits per heavy atom. The highest BCUT2D eigenvalue weighted by molar-refractivity contribution is 8.00. The number of carbonyl (C=O) groups excluding carboxylic acids is 1. The van der Waals surface area contributed by atoms with Crippen LogP contribution in [0.4, 0.5) is 8.78 Å². The van der Waals surface area contributed by atoms with Gasteiger partial charge in [-0.15, -0.1) is 11.8 Å². The van der Waals surface area contributed by atoms with Crippen LogP contribution in [0.1, 0.15) is 84.9 Å². The van der Waals surface area contributed by atoms with Gasteiger partial charge in [0.15, 0.2) is 0 Å². The molecule has 0 saturated heterocycles. The van der Waals surface area contributed by atoms with E-state index in [4.69, 9.17) is 4.74 Å². The van der Waals surface area contributed by atoms with E-state index in [1.165, 1.54) is 6.42 Å². The number of ether oxygens (including phenoxy) is 1. The highest BCUT2D eigenvalue weighted by Crippen LogP contribution is 2.57. The molecule has 1 amide bonds. The molecule has 2 aromatic rings. The number of nitrogens with one attached hydrogen (secondary N) is 1. The summed E-state index contributed by atoms with van der Waals surface area (Å²) in [7, 11) is 0. The number of alkyl halides is 2. The second kappa shape index (κ2) is 10.3. The van der Waals surface area contributed by atoms with Crippen LogP contribution in [-0.2, 0) is 4.74 Å². The predicted molar refractivity (Wildman–Crippen MR) is 138 cm³/mol. The van der Waals surface area contributed by atoms with Crippen LogP contribution in [0.25, 0.3) is 5.69 Å². The smallest absolute Gasteiger partial charge is 0.345 e. The number of benzene rings is 1. The number of aromatic nitrogens is 2. The predicted octanol–water partition coefficient (Wildman–Crippen LogP) is 5.91. The lowest BCUT2D eigenvalue weighted by molar-refractivity contribution is -0.260. The molecule has 1 aromatic heterocycles. The lowest BCUT2D eigenvalue weighted by atomic mass is 9.52. The zero-order valence-electron chi connectivity index (χ0n) is 21.2. The zero-order chi connectivity index (χ0) is 26.4. The third kappa shape index (κ3) is 4.97. The summed E-state index contributed by atoms with van der Waals surface area (Å²) >= 11 is 1.68. The molecule has 1 aromatic carbocycles. The number of halogens is 2. The van der Waals surface area contributed by atoms with Crippen LogP contribution in [0, 0.1) is 17.8 Å². The summed E-state index contributed by atoms with van der Waals surface area (Å²) in [6, 6.07) is 6.45. The van der Waals surface area contributed by atoms with E-state index in [0.717, 1.165) is 43.6 Å². The molecule has 5 fully saturated rings. The number of rotatable bonds is 8. The van der Waals surface area contributed by atoms with Crippen molar-refractivity contribution in [1.29, 1.82) is 0 Å². The summed E-state index contributed by atoms with van der Waals surface area (Å²) in [4.78, 5) is 25.1. The first-order chi connectivity index (χ1) is 18.3. The molecule has 2 atom stereocenters. The van der Waals surface area contributed by atoms with Crippen molar-refractivity contribution in [2.75, 3.05) is 0 Å². The van der Waals surface area contributed by atoms with Gasteiger partial charge in [0.05, 0.1) is 28.6 Å². The normalized spacial score (nSPS) is 30.6. The third-order valence-electron chi connectivity index (χ3n) is 9.01. The van der Waals surface area contributed by atoms with Crippen molar-refractivity contribution in [1.82, 2.24) is 15.1 Å². The molecule has 5 aliphatic rings. The van der Waals surface area contributed by atoms with Crippen molar-refractivity contribution >= 4 is 23.6 Å². The molecule has 2 unspecified atom stereocenters. The molecule has 7 rings (SSSR count). The maximum Gasteiger partial charge on any atom is 0.345 e. The van der Waals surface area contributed by atoms with Crippen LogP contribution < -0.4 is 5.32 Å². The van der Waals surface area contributed by atoms with Crippen molar-refractivity contribution in [2.24, 2.45) is 17.8 Å². The van der Waals surface area contributed by atoms with Crippen molar-refractivity contribution in [3.63, 3.8) is 0 Å². The van der Waals surface area contributed by atoms with Gasteiger partial charge in [0, 0.05) is 11.3 Å². The number of amides is 1. The summed E-state index contributed by atoms with van der Waals surface area (Å²) in [5.41, 5.74) is 0.653. The van der Waals surface area contributed by atoms with Crippen molar-refractivity contribution < 1.29 is 28.2 Å². The number of hydrogen-bond donors (Lipinski definition) is 2. The maximum absolute atomic E-state index is 13.7. The molecule has 38 heavy (non-hydrogen) atoms. The Labute approximate surface area is 224 Å². The quantitative estimate of drug-likeness (QED) is 0.428. The first-order valence-electron chi connectivity index (χ1n) is 13.7. The molecule has 204 valence electrons. The highest BCUT2D eigenvalue weighted by Gasteiger charge is 2.57. The summed E-state index contributed by atoms with van der Waals surface area (Å²) in [5, 5.41) is 18.3. The van der Waals surface area contributed by atoms with Gasteiger partial charge in [-0.2, -0.15) is 13.9 Å². The molecule has 10 heteroatoms. The standard InChI is InChI=1S/C28H33F2N3O4S/c29-27(30)37-28-12-16-10-18(13-28)23(19(11-16)14-28)32-24(34)22-15-31-33(20-8-6-17(7-9-20)26(35)36)25(22)38-21-4-2-1-3-5-21/h6-9,15-16,18-19,21,23,27H,1-5,10-14H2,(H,32,34)(H,35,36). The van der Waals surface area contributed by atoms with E-state index in [9.17, 15) is 23.5 Å². The highest BCUT2D eigenvalue weighted by atomic mass is 32.2. The van der Waals surface area contributed by atoms with E-state index in [-0.39, 0.29) is 29.3 Å². The minimum atomic E-state index is -2.77. The number of carboxylic acid groups (broad SMARTS) is 1. The fourth-order valence-corrected chi connectivity index (χ4v) is 9.03. The molecular formula is C28H33F2N3O4S. The van der Waals surface area contributed by atoms with Gasteiger partial charge in [-0.25, -0.2) is 9.48 Å². The van der Waals surface area contributed by atoms with Crippen LogP contribution in [0.5, 0.6) is 0 Å². The SMILES string of the molecule is O=C(O)c1ccc(-n2ncc(C(=O)NC3C4CC5CC3CC(OC(F)F)(C5)C4)c2SC2CCCCC2)cc1. The topological polar surface area (TPSA) is 93.5 Å². The van der Waals surface area contributed by atoms with E-state index in [0.29, 0.717) is 41.7 Å². The van der Waals surface area contributed by atoms with Gasteiger partial charge in [0.2, 0.25) is 0 Å². The van der Waals surface area contributed by atoms with E-state index in [1.807, 2.05) is 0 Å². The Bertz CT molecular complexity index is 1180. The molecule has 0 spiro atoms. The van der Waals surface area contributed by atoms with Crippen LogP contribution >= 0.6 is 11.8 Å². The molecular weight excluding hydrogens is 512 g/mol. The molecule has 0 radical (unpaired) electrons.